The Balaban J connectivity index is 1.65. The smallest absolute Gasteiger partial charge is 0.447 e. The first kappa shape index (κ1) is 29.0. The maximum absolute atomic E-state index is 13.2. The van der Waals surface area contributed by atoms with Gasteiger partial charge in [0.2, 0.25) is 6.10 Å². The lowest BCUT2D eigenvalue weighted by molar-refractivity contribution is -0.274. The molecule has 0 fully saturated rings. The number of fused-ring (bicyclic) bond motifs is 1. The molecule has 214 valence electrons. The number of alkyl halides is 3. The Kier molecular flexibility index (Phi) is 8.21. The predicted octanol–water partition coefficient (Wildman–Crippen LogP) is 4.80. The number of halogens is 3. The highest BCUT2D eigenvalue weighted by atomic mass is 19.4. The van der Waals surface area contributed by atoms with Crippen molar-refractivity contribution in [2.24, 2.45) is 4.99 Å². The quantitative estimate of drug-likeness (QED) is 0.182. The monoisotopic (exact) mass is 569 g/mol. The van der Waals surface area contributed by atoms with Crippen molar-refractivity contribution in [2.45, 2.75) is 33.2 Å². The van der Waals surface area contributed by atoms with Crippen LogP contribution in [0.25, 0.3) is 16.7 Å². The normalized spacial score (nSPS) is 12.4. The maximum Gasteiger partial charge on any atom is 0.573 e. The molecule has 0 aliphatic carbocycles. The second kappa shape index (κ2) is 11.6. The standard InChI is InChI=1S/C27H26F3N7O4/c1-15-11-19(34-26(39)24(40-17(3)38)18-7-6-8-20(12-18)41-27(28,29)30)9-10-21(15)37-23-22(16(2)35-37)31-13-32-25(23)33-14-36(4)5/h6-14,24H,1-5H3,(H,34,39)/b33-14+. The lowest BCUT2D eigenvalue weighted by atomic mass is 10.1. The van der Waals surface area contributed by atoms with E-state index in [1.54, 1.807) is 34.1 Å². The van der Waals surface area contributed by atoms with Crippen molar-refractivity contribution in [3.8, 4) is 11.4 Å². The van der Waals surface area contributed by atoms with Crippen molar-refractivity contribution in [1.82, 2.24) is 24.6 Å². The molecule has 1 atom stereocenters. The summed E-state index contributed by atoms with van der Waals surface area (Å²) in [6.45, 7) is 4.72. The van der Waals surface area contributed by atoms with Gasteiger partial charge in [-0.25, -0.2) is 19.6 Å². The molecule has 1 amide bonds. The Morgan fingerprint density at radius 2 is 1.88 bits per heavy atom. The first-order chi connectivity index (χ1) is 19.3. The molecule has 2 aromatic carbocycles. The van der Waals surface area contributed by atoms with Gasteiger partial charge in [-0.1, -0.05) is 12.1 Å². The van der Waals surface area contributed by atoms with E-state index in [1.165, 1.54) is 18.5 Å². The highest BCUT2D eigenvalue weighted by Gasteiger charge is 2.32. The molecule has 2 heterocycles. The first-order valence-corrected chi connectivity index (χ1v) is 12.2. The molecule has 1 N–H and O–H groups in total. The van der Waals surface area contributed by atoms with Crippen molar-refractivity contribution in [2.75, 3.05) is 19.4 Å². The molecule has 4 rings (SSSR count). The number of nitrogens with zero attached hydrogens (tertiary/aromatic N) is 6. The van der Waals surface area contributed by atoms with E-state index in [0.29, 0.717) is 39.5 Å². The molecule has 0 saturated heterocycles. The maximum atomic E-state index is 13.2. The average Bonchev–Trinajstić information content (AvgIpc) is 3.21. The fourth-order valence-corrected chi connectivity index (χ4v) is 4.01. The van der Waals surface area contributed by atoms with Crippen LogP contribution in [0.15, 0.2) is 53.8 Å². The van der Waals surface area contributed by atoms with Crippen molar-refractivity contribution < 1.29 is 32.2 Å². The van der Waals surface area contributed by atoms with Crippen molar-refractivity contribution in [3.63, 3.8) is 0 Å². The van der Waals surface area contributed by atoms with Crippen molar-refractivity contribution in [1.29, 1.82) is 0 Å². The number of amides is 1. The van der Waals surface area contributed by atoms with Crippen LogP contribution in [0.2, 0.25) is 0 Å². The first-order valence-electron chi connectivity index (χ1n) is 12.2. The van der Waals surface area contributed by atoms with E-state index in [9.17, 15) is 22.8 Å². The van der Waals surface area contributed by atoms with Crippen LogP contribution in [0.1, 0.15) is 29.8 Å². The van der Waals surface area contributed by atoms with Crippen molar-refractivity contribution in [3.05, 3.63) is 65.6 Å². The number of aromatic nitrogens is 4. The second-order valence-electron chi connectivity index (χ2n) is 9.20. The van der Waals surface area contributed by atoms with Crippen LogP contribution >= 0.6 is 0 Å². The fraction of sp³-hybridized carbons (Fsp3) is 0.259. The van der Waals surface area contributed by atoms with Crippen LogP contribution in [-0.2, 0) is 14.3 Å². The van der Waals surface area contributed by atoms with Gasteiger partial charge in [0.1, 0.15) is 23.1 Å². The van der Waals surface area contributed by atoms with E-state index in [-0.39, 0.29) is 5.56 Å². The van der Waals surface area contributed by atoms with Crippen LogP contribution in [0.4, 0.5) is 24.7 Å². The lowest BCUT2D eigenvalue weighted by Gasteiger charge is -2.19. The van der Waals surface area contributed by atoms with E-state index in [0.717, 1.165) is 19.1 Å². The van der Waals surface area contributed by atoms with Gasteiger partial charge >= 0.3 is 12.3 Å². The molecule has 0 bridgehead atoms. The Hall–Kier alpha value is -5.01. The number of hydrogen-bond acceptors (Lipinski definition) is 8. The number of aryl methyl sites for hydroxylation is 2. The van der Waals surface area contributed by atoms with E-state index in [4.69, 9.17) is 4.74 Å². The number of aliphatic imine (C=N–C) groups is 1. The average molecular weight is 570 g/mol. The largest absolute Gasteiger partial charge is 0.573 e. The Morgan fingerprint density at radius 3 is 2.54 bits per heavy atom. The molecular formula is C27H26F3N7O4. The molecule has 2 aromatic heterocycles. The number of anilines is 1. The van der Waals surface area contributed by atoms with Gasteiger partial charge in [-0.05, 0) is 49.7 Å². The summed E-state index contributed by atoms with van der Waals surface area (Å²) in [5.74, 6) is -1.71. The van der Waals surface area contributed by atoms with Crippen LogP contribution in [0.3, 0.4) is 0 Å². The minimum absolute atomic E-state index is 0.00270. The third-order valence-electron chi connectivity index (χ3n) is 5.63. The molecular weight excluding hydrogens is 543 g/mol. The van der Waals surface area contributed by atoms with E-state index < -0.39 is 30.1 Å². The Labute approximate surface area is 232 Å². The molecule has 0 aliphatic heterocycles. The molecule has 14 heteroatoms. The van der Waals surface area contributed by atoms with Crippen LogP contribution in [-0.4, -0.2) is 63.3 Å². The number of esters is 1. The number of carbonyl (C=O) groups excluding carboxylic acids is 2. The number of ether oxygens (including phenoxy) is 2. The van der Waals surface area contributed by atoms with Crippen LogP contribution in [0.5, 0.6) is 5.75 Å². The summed E-state index contributed by atoms with van der Waals surface area (Å²) in [6, 6.07) is 9.69. The zero-order valence-corrected chi connectivity index (χ0v) is 22.7. The third kappa shape index (κ3) is 6.96. The molecule has 11 nitrogen and oxygen atoms in total. The summed E-state index contributed by atoms with van der Waals surface area (Å²) in [5, 5.41) is 7.28. The van der Waals surface area contributed by atoms with Gasteiger partial charge in [-0.3, -0.25) is 9.59 Å². The van der Waals surface area contributed by atoms with Gasteiger partial charge in [-0.2, -0.15) is 5.10 Å². The van der Waals surface area contributed by atoms with E-state index in [1.807, 2.05) is 27.9 Å². The number of rotatable bonds is 8. The molecule has 0 radical (unpaired) electrons. The van der Waals surface area contributed by atoms with Gasteiger partial charge in [-0.15, -0.1) is 13.2 Å². The van der Waals surface area contributed by atoms with Gasteiger partial charge in [0.15, 0.2) is 5.82 Å². The second-order valence-corrected chi connectivity index (χ2v) is 9.20. The number of hydrogen-bond donors (Lipinski definition) is 1. The number of benzene rings is 2. The highest BCUT2D eigenvalue weighted by molar-refractivity contribution is 5.96. The minimum atomic E-state index is -4.93. The Bertz CT molecular complexity index is 1630. The van der Waals surface area contributed by atoms with E-state index >= 15 is 0 Å². The number of carbonyl (C=O) groups is 2. The minimum Gasteiger partial charge on any atom is -0.447 e. The van der Waals surface area contributed by atoms with Crippen LogP contribution < -0.4 is 10.1 Å². The third-order valence-corrected chi connectivity index (χ3v) is 5.63. The fourth-order valence-electron chi connectivity index (χ4n) is 4.01. The van der Waals surface area contributed by atoms with Gasteiger partial charge in [0.05, 0.1) is 17.7 Å². The molecule has 0 aliphatic rings. The van der Waals surface area contributed by atoms with E-state index in [2.05, 4.69) is 30.1 Å². The molecule has 4 aromatic rings. The summed E-state index contributed by atoms with van der Waals surface area (Å²) < 4.78 is 48.8. The highest BCUT2D eigenvalue weighted by Crippen LogP contribution is 2.31. The zero-order valence-electron chi connectivity index (χ0n) is 22.7. The summed E-state index contributed by atoms with van der Waals surface area (Å²) in [6.07, 6.45) is -3.43. The molecule has 0 saturated carbocycles. The molecule has 1 unspecified atom stereocenters. The summed E-state index contributed by atoms with van der Waals surface area (Å²) in [5.41, 5.74) is 3.63. The summed E-state index contributed by atoms with van der Waals surface area (Å²) in [4.78, 5) is 39.7. The van der Waals surface area contributed by atoms with Gasteiger partial charge < -0.3 is 19.7 Å². The topological polar surface area (TPSA) is 124 Å². The zero-order chi connectivity index (χ0) is 29.9. The SMILES string of the molecule is CC(=O)OC(C(=O)Nc1ccc(-n2nc(C)c3ncnc(/N=C/N(C)C)c32)c(C)c1)c1cccc(OC(F)(F)F)c1. The molecule has 0 spiro atoms. The van der Waals surface area contributed by atoms with Crippen molar-refractivity contribution >= 4 is 40.8 Å². The van der Waals surface area contributed by atoms with Gasteiger partial charge in [0.25, 0.3) is 5.91 Å². The summed E-state index contributed by atoms with van der Waals surface area (Å²) in [7, 11) is 3.67. The van der Waals surface area contributed by atoms with Crippen LogP contribution in [0, 0.1) is 13.8 Å². The molecule has 41 heavy (non-hydrogen) atoms. The lowest BCUT2D eigenvalue weighted by Crippen LogP contribution is -2.25. The summed E-state index contributed by atoms with van der Waals surface area (Å²) >= 11 is 0. The Morgan fingerprint density at radius 1 is 1.12 bits per heavy atom. The van der Waals surface area contributed by atoms with Gasteiger partial charge in [0, 0.05) is 32.3 Å². The predicted molar refractivity (Wildman–Crippen MR) is 144 cm³/mol. The number of nitrogens with one attached hydrogen (secondary N) is 1.